The van der Waals surface area contributed by atoms with Gasteiger partial charge in [0.1, 0.15) is 0 Å². The lowest BCUT2D eigenvalue weighted by Gasteiger charge is -2.07. The van der Waals surface area contributed by atoms with E-state index in [0.29, 0.717) is 24.7 Å². The molecule has 0 bridgehead atoms. The highest BCUT2D eigenvalue weighted by molar-refractivity contribution is 7.84. The van der Waals surface area contributed by atoms with Crippen molar-refractivity contribution in [1.29, 1.82) is 0 Å². The van der Waals surface area contributed by atoms with Crippen LogP contribution in [0.4, 0.5) is 0 Å². The van der Waals surface area contributed by atoms with E-state index in [1.54, 1.807) is 6.26 Å². The van der Waals surface area contributed by atoms with Gasteiger partial charge in [0.15, 0.2) is 5.82 Å². The Labute approximate surface area is 127 Å². The standard InChI is InChI=1S/C15H21N3O2S/c1-12(21(2)19)8-9-16-11-15-17-14(18-20-15)10-13-6-4-3-5-7-13/h3-7,12,16H,8-11H2,1-2H3. The first-order valence-corrected chi connectivity index (χ1v) is 8.65. The van der Waals surface area contributed by atoms with Gasteiger partial charge >= 0.3 is 0 Å². The van der Waals surface area contributed by atoms with E-state index >= 15 is 0 Å². The summed E-state index contributed by atoms with van der Waals surface area (Å²) < 4.78 is 16.4. The minimum Gasteiger partial charge on any atom is -0.338 e. The zero-order valence-corrected chi connectivity index (χ0v) is 13.2. The average molecular weight is 307 g/mol. The number of hydrogen-bond acceptors (Lipinski definition) is 5. The second kappa shape index (κ2) is 8.05. The van der Waals surface area contributed by atoms with Gasteiger partial charge in [-0.05, 0) is 18.5 Å². The minimum atomic E-state index is -0.768. The molecule has 0 aliphatic carbocycles. The van der Waals surface area contributed by atoms with Crippen LogP contribution in [-0.4, -0.2) is 32.4 Å². The molecular formula is C15H21N3O2S. The second-order valence-corrected chi connectivity index (χ2v) is 6.84. The number of benzene rings is 1. The zero-order chi connectivity index (χ0) is 15.1. The topological polar surface area (TPSA) is 68.0 Å². The molecule has 2 rings (SSSR count). The van der Waals surface area contributed by atoms with Gasteiger partial charge in [0.05, 0.1) is 6.54 Å². The van der Waals surface area contributed by atoms with E-state index in [-0.39, 0.29) is 5.25 Å². The molecule has 114 valence electrons. The number of hydrogen-bond donors (Lipinski definition) is 1. The van der Waals surface area contributed by atoms with Crippen molar-refractivity contribution in [2.75, 3.05) is 12.8 Å². The van der Waals surface area contributed by atoms with Crippen molar-refractivity contribution in [3.8, 4) is 0 Å². The summed E-state index contributed by atoms with van der Waals surface area (Å²) in [5.41, 5.74) is 1.16. The summed E-state index contributed by atoms with van der Waals surface area (Å²) in [4.78, 5) is 4.36. The van der Waals surface area contributed by atoms with Crippen molar-refractivity contribution in [2.45, 2.75) is 31.6 Å². The summed E-state index contributed by atoms with van der Waals surface area (Å²) in [6, 6.07) is 10.1. The Kier molecular flexibility index (Phi) is 6.07. The molecule has 0 fully saturated rings. The van der Waals surface area contributed by atoms with E-state index in [4.69, 9.17) is 4.52 Å². The summed E-state index contributed by atoms with van der Waals surface area (Å²) in [6.45, 7) is 3.32. The van der Waals surface area contributed by atoms with E-state index in [1.165, 1.54) is 0 Å². The minimum absolute atomic E-state index is 0.203. The first-order chi connectivity index (χ1) is 10.1. The molecule has 2 aromatic rings. The monoisotopic (exact) mass is 307 g/mol. The molecule has 6 heteroatoms. The number of aromatic nitrogens is 2. The third-order valence-electron chi connectivity index (χ3n) is 3.29. The molecule has 1 aromatic heterocycles. The van der Waals surface area contributed by atoms with E-state index in [0.717, 1.165) is 18.5 Å². The van der Waals surface area contributed by atoms with Crippen molar-refractivity contribution in [2.24, 2.45) is 0 Å². The molecule has 0 spiro atoms. The van der Waals surface area contributed by atoms with Gasteiger partial charge in [-0.25, -0.2) is 0 Å². The fourth-order valence-electron chi connectivity index (χ4n) is 1.88. The van der Waals surface area contributed by atoms with Gasteiger partial charge in [0.2, 0.25) is 5.89 Å². The molecule has 0 saturated carbocycles. The highest BCUT2D eigenvalue weighted by Crippen LogP contribution is 2.06. The van der Waals surface area contributed by atoms with Crippen molar-refractivity contribution in [3.05, 3.63) is 47.6 Å². The quantitative estimate of drug-likeness (QED) is 0.755. The van der Waals surface area contributed by atoms with Gasteiger partial charge in [-0.1, -0.05) is 42.4 Å². The van der Waals surface area contributed by atoms with Crippen molar-refractivity contribution in [3.63, 3.8) is 0 Å². The van der Waals surface area contributed by atoms with E-state index in [9.17, 15) is 4.21 Å². The molecule has 1 N–H and O–H groups in total. The van der Waals surface area contributed by atoms with Crippen molar-refractivity contribution >= 4 is 10.8 Å². The summed E-state index contributed by atoms with van der Waals surface area (Å²) >= 11 is 0. The van der Waals surface area contributed by atoms with Crippen molar-refractivity contribution < 1.29 is 8.73 Å². The second-order valence-electron chi connectivity index (χ2n) is 5.04. The molecule has 0 radical (unpaired) electrons. The van der Waals surface area contributed by atoms with Crippen LogP contribution in [0.3, 0.4) is 0 Å². The van der Waals surface area contributed by atoms with Crippen LogP contribution in [0.15, 0.2) is 34.9 Å². The van der Waals surface area contributed by atoms with Crippen LogP contribution in [-0.2, 0) is 23.8 Å². The SMILES string of the molecule is CC(CCNCc1nc(Cc2ccccc2)no1)S(C)=O. The molecule has 1 aromatic carbocycles. The molecule has 0 aliphatic heterocycles. The summed E-state index contributed by atoms with van der Waals surface area (Å²) in [5.74, 6) is 1.28. The van der Waals surface area contributed by atoms with Crippen LogP contribution < -0.4 is 5.32 Å². The van der Waals surface area contributed by atoms with Gasteiger partial charge in [0, 0.05) is 28.7 Å². The molecule has 0 amide bonds. The van der Waals surface area contributed by atoms with Gasteiger partial charge in [-0.15, -0.1) is 0 Å². The predicted molar refractivity (Wildman–Crippen MR) is 83.4 cm³/mol. The zero-order valence-electron chi connectivity index (χ0n) is 12.4. The van der Waals surface area contributed by atoms with Crippen LogP contribution in [0.2, 0.25) is 0 Å². The Bertz CT molecular complexity index is 571. The molecule has 1 heterocycles. The summed E-state index contributed by atoms with van der Waals surface area (Å²) in [5, 5.41) is 7.42. The fraction of sp³-hybridized carbons (Fsp3) is 0.467. The maximum Gasteiger partial charge on any atom is 0.240 e. The molecule has 5 nitrogen and oxygen atoms in total. The highest BCUT2D eigenvalue weighted by Gasteiger charge is 2.08. The van der Waals surface area contributed by atoms with Gasteiger partial charge < -0.3 is 9.84 Å². The normalized spacial score (nSPS) is 14.0. The van der Waals surface area contributed by atoms with Crippen LogP contribution in [0.25, 0.3) is 0 Å². The smallest absolute Gasteiger partial charge is 0.240 e. The first kappa shape index (κ1) is 15.9. The Morgan fingerprint density at radius 2 is 2.10 bits per heavy atom. The van der Waals surface area contributed by atoms with Gasteiger partial charge in [-0.3, -0.25) is 4.21 Å². The third-order valence-corrected chi connectivity index (χ3v) is 4.65. The fourth-order valence-corrected chi connectivity index (χ4v) is 2.33. The van der Waals surface area contributed by atoms with Crippen LogP contribution in [0.5, 0.6) is 0 Å². The average Bonchev–Trinajstić information content (AvgIpc) is 2.92. The maximum absolute atomic E-state index is 11.2. The Balaban J connectivity index is 1.74. The third kappa shape index (κ3) is 5.40. The number of rotatable bonds is 8. The molecule has 0 saturated heterocycles. The largest absolute Gasteiger partial charge is 0.338 e. The van der Waals surface area contributed by atoms with Crippen LogP contribution in [0, 0.1) is 0 Å². The maximum atomic E-state index is 11.2. The molecule has 21 heavy (non-hydrogen) atoms. The summed E-state index contributed by atoms with van der Waals surface area (Å²) in [6.07, 6.45) is 3.28. The molecule has 2 unspecified atom stereocenters. The summed E-state index contributed by atoms with van der Waals surface area (Å²) in [7, 11) is -0.768. The van der Waals surface area contributed by atoms with Gasteiger partial charge in [0.25, 0.3) is 0 Å². The highest BCUT2D eigenvalue weighted by atomic mass is 32.2. The van der Waals surface area contributed by atoms with E-state index in [1.807, 2.05) is 37.3 Å². The van der Waals surface area contributed by atoms with E-state index in [2.05, 4.69) is 15.5 Å². The number of nitrogens with zero attached hydrogens (tertiary/aromatic N) is 2. The Morgan fingerprint density at radius 1 is 1.33 bits per heavy atom. The molecule has 0 aliphatic rings. The Morgan fingerprint density at radius 3 is 2.81 bits per heavy atom. The van der Waals surface area contributed by atoms with Crippen LogP contribution >= 0.6 is 0 Å². The lowest BCUT2D eigenvalue weighted by atomic mass is 10.1. The van der Waals surface area contributed by atoms with E-state index < -0.39 is 10.8 Å². The molecule has 2 atom stereocenters. The first-order valence-electron chi connectivity index (χ1n) is 7.03. The molecular weight excluding hydrogens is 286 g/mol. The van der Waals surface area contributed by atoms with Gasteiger partial charge in [-0.2, -0.15) is 4.98 Å². The lowest BCUT2D eigenvalue weighted by molar-refractivity contribution is 0.363. The van der Waals surface area contributed by atoms with Crippen LogP contribution in [0.1, 0.15) is 30.6 Å². The van der Waals surface area contributed by atoms with Crippen molar-refractivity contribution in [1.82, 2.24) is 15.5 Å². The Hall–Kier alpha value is -1.53. The lowest BCUT2D eigenvalue weighted by Crippen LogP contribution is -2.21. The predicted octanol–water partition coefficient (Wildman–Crippen LogP) is 1.91. The number of nitrogens with one attached hydrogen (secondary N) is 1.